The number of carboxylic acid groups (broad SMARTS) is 3. The predicted octanol–water partition coefficient (Wildman–Crippen LogP) is 1.80. The highest BCUT2D eigenvalue weighted by molar-refractivity contribution is 5.78. The number of hydrogen-bond acceptors (Lipinski definition) is 6. The van der Waals surface area contributed by atoms with Crippen LogP contribution in [0.2, 0.25) is 0 Å². The van der Waals surface area contributed by atoms with Crippen LogP contribution in [0.25, 0.3) is 0 Å². The van der Waals surface area contributed by atoms with Crippen LogP contribution in [0, 0.1) is 34.0 Å². The molecule has 0 amide bonds. The minimum atomic E-state index is -1.49. The van der Waals surface area contributed by atoms with E-state index in [0.29, 0.717) is 0 Å². The monoisotopic (exact) mass is 389 g/mol. The van der Waals surface area contributed by atoms with Gasteiger partial charge in [-0.2, -0.15) is 0 Å². The van der Waals surface area contributed by atoms with Gasteiger partial charge in [-0.1, -0.05) is 0 Å². The van der Waals surface area contributed by atoms with Gasteiger partial charge in [0, 0.05) is 11.8 Å². The summed E-state index contributed by atoms with van der Waals surface area (Å²) in [4.78, 5) is 41.0. The minimum absolute atomic E-state index is 0.728. The van der Waals surface area contributed by atoms with Crippen molar-refractivity contribution in [1.29, 1.82) is 0 Å². The van der Waals surface area contributed by atoms with Gasteiger partial charge in [0.25, 0.3) is 0 Å². The highest BCUT2D eigenvalue weighted by Crippen LogP contribution is 2.56. The Labute approximate surface area is 158 Å². The maximum absolute atomic E-state index is 12.1. The summed E-state index contributed by atoms with van der Waals surface area (Å²) in [6.07, 6.45) is -1.93. The Hall–Kier alpha value is -1.71. The van der Waals surface area contributed by atoms with E-state index in [9.17, 15) is 29.7 Å². The van der Waals surface area contributed by atoms with E-state index in [1.165, 1.54) is 41.5 Å². The Balaban J connectivity index is 3.81. The lowest BCUT2D eigenvalue weighted by molar-refractivity contribution is -0.297. The molecule has 0 bridgehead atoms. The van der Waals surface area contributed by atoms with Gasteiger partial charge in [0.15, 0.2) is 6.29 Å². The second kappa shape index (κ2) is 7.37. The molecule has 0 spiro atoms. The Bertz CT molecular complexity index is 612. The van der Waals surface area contributed by atoms with Gasteiger partial charge < -0.3 is 20.1 Å². The molecule has 1 heterocycles. The summed E-state index contributed by atoms with van der Waals surface area (Å²) >= 11 is 0. The third-order valence-corrected chi connectivity index (χ3v) is 6.21. The number of carboxylic acids is 3. The van der Waals surface area contributed by atoms with Crippen molar-refractivity contribution < 1.29 is 39.3 Å². The third-order valence-electron chi connectivity index (χ3n) is 6.21. The van der Waals surface area contributed by atoms with E-state index in [1.807, 2.05) is 0 Å². The van der Waals surface area contributed by atoms with Crippen LogP contribution in [0.1, 0.15) is 48.5 Å². The maximum Gasteiger partial charge on any atom is 0.309 e. The summed E-state index contributed by atoms with van der Waals surface area (Å²) in [5, 5.41) is 29.4. The number of nitrogens with two attached hydrogens (primary N) is 1. The van der Waals surface area contributed by atoms with E-state index < -0.39 is 64.3 Å². The number of aliphatic carboxylic acids is 3. The molecule has 0 radical (unpaired) electrons. The van der Waals surface area contributed by atoms with E-state index in [2.05, 4.69) is 0 Å². The molecule has 0 aliphatic carbocycles. The van der Waals surface area contributed by atoms with E-state index in [4.69, 9.17) is 15.5 Å². The Morgan fingerprint density at radius 1 is 0.778 bits per heavy atom. The second-order valence-electron chi connectivity index (χ2n) is 9.00. The molecule has 5 N–H and O–H groups in total. The second-order valence-corrected chi connectivity index (χ2v) is 9.00. The minimum Gasteiger partial charge on any atom is -0.481 e. The summed E-state index contributed by atoms with van der Waals surface area (Å²) in [6, 6.07) is 0. The fraction of sp³-hybridized carbons (Fsp3) is 0.833. The van der Waals surface area contributed by atoms with Gasteiger partial charge in [-0.3, -0.25) is 19.2 Å². The molecule has 1 saturated heterocycles. The topological polar surface area (TPSA) is 156 Å². The summed E-state index contributed by atoms with van der Waals surface area (Å²) < 4.78 is 5.77. The van der Waals surface area contributed by atoms with Crippen LogP contribution in [0.3, 0.4) is 0 Å². The third kappa shape index (κ3) is 3.81. The largest absolute Gasteiger partial charge is 0.481 e. The van der Waals surface area contributed by atoms with Crippen LogP contribution in [-0.2, 0) is 24.0 Å². The first-order valence-corrected chi connectivity index (χ1v) is 8.75. The van der Waals surface area contributed by atoms with Crippen LogP contribution < -0.4 is 5.90 Å². The quantitative estimate of drug-likeness (QED) is 0.477. The van der Waals surface area contributed by atoms with Crippen molar-refractivity contribution in [3.05, 3.63) is 0 Å². The first-order valence-electron chi connectivity index (χ1n) is 8.75. The van der Waals surface area contributed by atoms with Crippen LogP contribution in [-0.4, -0.2) is 45.6 Å². The van der Waals surface area contributed by atoms with Crippen molar-refractivity contribution in [2.75, 3.05) is 0 Å². The highest BCUT2D eigenvalue weighted by atomic mass is 16.8. The fourth-order valence-corrected chi connectivity index (χ4v) is 4.33. The maximum atomic E-state index is 12.1. The summed E-state index contributed by atoms with van der Waals surface area (Å²) in [7, 11) is 0. The SMILES string of the molecule is C[C@@H]1O[C@@H](ON)[C@H](C(C)(C)C(=O)O)[C@H](C(C)(C)C(=O)O)[C@@H]1C(C)(C)C(=O)O. The zero-order valence-corrected chi connectivity index (χ0v) is 16.8. The molecule has 5 atom stereocenters. The summed E-state index contributed by atoms with van der Waals surface area (Å²) in [6.45, 7) is 10.4. The molecule has 156 valence electrons. The van der Waals surface area contributed by atoms with Crippen LogP contribution in [0.15, 0.2) is 0 Å². The predicted molar refractivity (Wildman–Crippen MR) is 94.3 cm³/mol. The molecule has 27 heavy (non-hydrogen) atoms. The first kappa shape index (κ1) is 23.3. The smallest absolute Gasteiger partial charge is 0.309 e. The van der Waals surface area contributed by atoms with Crippen LogP contribution in [0.5, 0.6) is 0 Å². The lowest BCUT2D eigenvalue weighted by Crippen LogP contribution is -2.63. The zero-order chi connectivity index (χ0) is 21.5. The Kier molecular flexibility index (Phi) is 6.37. The van der Waals surface area contributed by atoms with Gasteiger partial charge in [-0.15, -0.1) is 0 Å². The van der Waals surface area contributed by atoms with Gasteiger partial charge in [0.05, 0.1) is 22.3 Å². The molecule has 1 aliphatic rings. The van der Waals surface area contributed by atoms with Crippen molar-refractivity contribution in [3.8, 4) is 0 Å². The number of ether oxygens (including phenoxy) is 1. The summed E-state index contributed by atoms with van der Waals surface area (Å²) in [5.41, 5.74) is -4.35. The van der Waals surface area contributed by atoms with Crippen molar-refractivity contribution in [2.45, 2.75) is 60.9 Å². The average Bonchev–Trinajstić information content (AvgIpc) is 2.52. The normalized spacial score (nSPS) is 30.0. The van der Waals surface area contributed by atoms with E-state index in [-0.39, 0.29) is 0 Å². The molecule has 0 saturated carbocycles. The molecular weight excluding hydrogens is 358 g/mol. The number of carbonyl (C=O) groups is 3. The molecule has 0 unspecified atom stereocenters. The zero-order valence-electron chi connectivity index (χ0n) is 16.8. The highest BCUT2D eigenvalue weighted by Gasteiger charge is 2.63. The first-order chi connectivity index (χ1) is 12.0. The molecule has 1 fully saturated rings. The summed E-state index contributed by atoms with van der Waals surface area (Å²) in [5.74, 6) is -0.855. The van der Waals surface area contributed by atoms with Gasteiger partial charge in [0.1, 0.15) is 0 Å². The van der Waals surface area contributed by atoms with Crippen LogP contribution in [0.4, 0.5) is 0 Å². The van der Waals surface area contributed by atoms with E-state index in [1.54, 1.807) is 6.92 Å². The molecule has 9 nitrogen and oxygen atoms in total. The Morgan fingerprint density at radius 3 is 1.44 bits per heavy atom. The lowest BCUT2D eigenvalue weighted by atomic mass is 9.51. The average molecular weight is 389 g/mol. The molecule has 9 heteroatoms. The molecule has 0 aromatic carbocycles. The van der Waals surface area contributed by atoms with Crippen molar-refractivity contribution >= 4 is 17.9 Å². The lowest BCUT2D eigenvalue weighted by Gasteiger charge is -2.56. The molecule has 0 aromatic heterocycles. The van der Waals surface area contributed by atoms with Gasteiger partial charge in [-0.05, 0) is 54.4 Å². The molecule has 0 aromatic rings. The van der Waals surface area contributed by atoms with Crippen molar-refractivity contribution in [1.82, 2.24) is 0 Å². The van der Waals surface area contributed by atoms with Gasteiger partial charge >= 0.3 is 17.9 Å². The fourth-order valence-electron chi connectivity index (χ4n) is 4.33. The van der Waals surface area contributed by atoms with Crippen molar-refractivity contribution in [2.24, 2.45) is 39.9 Å². The Morgan fingerprint density at radius 2 is 1.11 bits per heavy atom. The number of hydrogen-bond donors (Lipinski definition) is 4. The van der Waals surface area contributed by atoms with E-state index >= 15 is 0 Å². The molecule has 1 aliphatic heterocycles. The molecular formula is C18H31NO8. The van der Waals surface area contributed by atoms with E-state index in [0.717, 1.165) is 0 Å². The standard InChI is InChI=1S/C18H31NO8/c1-8-9(16(2,3)13(20)21)10(17(4,5)14(22)23)11(12(26-8)27-19)18(6,7)15(24)25/h8-12H,19H2,1-7H3,(H,20,21)(H,22,23)(H,24,25)/t8-,9+,10+,11+,12-/m0/s1. The van der Waals surface area contributed by atoms with Crippen LogP contribution >= 0.6 is 0 Å². The van der Waals surface area contributed by atoms with Gasteiger partial charge in [-0.25, -0.2) is 5.90 Å². The number of rotatable bonds is 7. The van der Waals surface area contributed by atoms with Gasteiger partial charge in [0.2, 0.25) is 0 Å². The van der Waals surface area contributed by atoms with Crippen molar-refractivity contribution in [3.63, 3.8) is 0 Å². The molecule has 1 rings (SSSR count).